The fourth-order valence-electron chi connectivity index (χ4n) is 7.07. The lowest BCUT2D eigenvalue weighted by Crippen LogP contribution is -2.60. The second kappa shape index (κ2) is 11.4. The SMILES string of the molecule is CC(OC(=O)[C@@H](N)CS)OC(C(=O)OC1CC2CCC(C1)[N+]21CCCC1)(c1ccccc1)c1ccccc1. The first kappa shape index (κ1) is 27.2. The molecule has 0 radical (unpaired) electrons. The van der Waals surface area contributed by atoms with E-state index in [1.54, 1.807) is 6.92 Å². The molecule has 3 aliphatic rings. The number of nitrogens with two attached hydrogens (primary N) is 1. The molecule has 3 aliphatic heterocycles. The number of hydrogen-bond acceptors (Lipinski definition) is 7. The van der Waals surface area contributed by atoms with Gasteiger partial charge in [0.05, 0.1) is 25.2 Å². The first-order chi connectivity index (χ1) is 18.4. The number of carbonyl (C=O) groups excluding carboxylic acids is 2. The van der Waals surface area contributed by atoms with Gasteiger partial charge in [0, 0.05) is 44.3 Å². The quantitative estimate of drug-likeness (QED) is 0.217. The summed E-state index contributed by atoms with van der Waals surface area (Å²) in [5.74, 6) is -0.991. The van der Waals surface area contributed by atoms with Gasteiger partial charge < -0.3 is 24.4 Å². The Bertz CT molecular complexity index is 1050. The number of benzene rings is 2. The number of esters is 2. The molecule has 2 aromatic rings. The zero-order valence-corrected chi connectivity index (χ0v) is 22.9. The van der Waals surface area contributed by atoms with Gasteiger partial charge in [-0.1, -0.05) is 60.7 Å². The van der Waals surface area contributed by atoms with Crippen LogP contribution in [0.15, 0.2) is 60.7 Å². The third-order valence-corrected chi connectivity index (χ3v) is 9.20. The molecule has 3 saturated heterocycles. The Hall–Kier alpha value is -2.39. The van der Waals surface area contributed by atoms with Crippen LogP contribution in [-0.2, 0) is 29.4 Å². The van der Waals surface area contributed by atoms with Crippen molar-refractivity contribution in [1.29, 1.82) is 0 Å². The lowest BCUT2D eigenvalue weighted by molar-refractivity contribution is -0.956. The standard InChI is InChI=1S/C30H38N2O5S/c1-21(35-28(33)27(31)20-38)37-30(22-10-4-2-5-11-22,23-12-6-3-7-13-23)29(34)36-26-18-24-14-15-25(19-26)32(24)16-8-9-17-32/h2-7,10-13,21,24-27H,8-9,14-20,31H2,1H3/p+1/t21?,24?,25?,26?,27-/m0/s1. The molecular weight excluding hydrogens is 500 g/mol. The van der Waals surface area contributed by atoms with Gasteiger partial charge in [-0.3, -0.25) is 4.79 Å². The number of carbonyl (C=O) groups is 2. The summed E-state index contributed by atoms with van der Waals surface area (Å²) in [5.41, 5.74) is 5.42. The van der Waals surface area contributed by atoms with Crippen LogP contribution in [0, 0.1) is 0 Å². The number of rotatable bonds is 9. The van der Waals surface area contributed by atoms with Crippen molar-refractivity contribution in [3.63, 3.8) is 0 Å². The van der Waals surface area contributed by atoms with Crippen LogP contribution in [0.25, 0.3) is 0 Å². The van der Waals surface area contributed by atoms with Gasteiger partial charge in [0.15, 0.2) is 0 Å². The van der Waals surface area contributed by atoms with E-state index >= 15 is 0 Å². The van der Waals surface area contributed by atoms with Crippen molar-refractivity contribution in [3.05, 3.63) is 71.8 Å². The minimum Gasteiger partial charge on any atom is -0.459 e. The molecule has 1 spiro atoms. The lowest BCUT2D eigenvalue weighted by atomic mass is 9.85. The summed E-state index contributed by atoms with van der Waals surface area (Å²) < 4.78 is 19.5. The van der Waals surface area contributed by atoms with Crippen LogP contribution in [0.5, 0.6) is 0 Å². The van der Waals surface area contributed by atoms with E-state index in [2.05, 4.69) is 12.6 Å². The van der Waals surface area contributed by atoms with Crippen molar-refractivity contribution in [1.82, 2.24) is 0 Å². The lowest BCUT2D eigenvalue weighted by Gasteiger charge is -2.47. The van der Waals surface area contributed by atoms with Crippen molar-refractivity contribution in [2.24, 2.45) is 5.73 Å². The maximum atomic E-state index is 14.4. The van der Waals surface area contributed by atoms with E-state index in [0.29, 0.717) is 23.2 Å². The number of piperidine rings is 1. The molecule has 2 bridgehead atoms. The predicted molar refractivity (Wildman–Crippen MR) is 147 cm³/mol. The molecule has 3 fully saturated rings. The molecule has 0 amide bonds. The summed E-state index contributed by atoms with van der Waals surface area (Å²) in [6, 6.07) is 18.8. The van der Waals surface area contributed by atoms with Crippen LogP contribution in [0.2, 0.25) is 0 Å². The number of nitrogens with zero attached hydrogens (tertiary/aromatic N) is 1. The summed E-state index contributed by atoms with van der Waals surface area (Å²) in [4.78, 5) is 26.8. The van der Waals surface area contributed by atoms with Gasteiger partial charge >= 0.3 is 11.9 Å². The maximum absolute atomic E-state index is 14.4. The van der Waals surface area contributed by atoms with Crippen LogP contribution >= 0.6 is 12.6 Å². The number of quaternary nitrogens is 1. The Morgan fingerprint density at radius 1 is 0.974 bits per heavy atom. The Balaban J connectivity index is 1.46. The Labute approximate surface area is 230 Å². The van der Waals surface area contributed by atoms with Gasteiger partial charge in [-0.05, 0) is 18.1 Å². The zero-order chi connectivity index (χ0) is 26.8. The minimum atomic E-state index is -1.62. The van der Waals surface area contributed by atoms with Gasteiger partial charge in [-0.2, -0.15) is 12.6 Å². The summed E-state index contributed by atoms with van der Waals surface area (Å²) in [6.07, 6.45) is 5.52. The van der Waals surface area contributed by atoms with E-state index in [4.69, 9.17) is 19.9 Å². The van der Waals surface area contributed by atoms with Gasteiger partial charge in [0.25, 0.3) is 0 Å². The molecule has 5 rings (SSSR count). The normalized spacial score (nSPS) is 25.6. The molecule has 4 atom stereocenters. The molecule has 0 aromatic heterocycles. The average molecular weight is 540 g/mol. The summed E-state index contributed by atoms with van der Waals surface area (Å²) >= 11 is 4.09. The molecule has 2 aromatic carbocycles. The van der Waals surface area contributed by atoms with E-state index < -0.39 is 29.9 Å². The Morgan fingerprint density at radius 2 is 1.50 bits per heavy atom. The molecule has 38 heavy (non-hydrogen) atoms. The van der Waals surface area contributed by atoms with E-state index in [-0.39, 0.29) is 11.9 Å². The van der Waals surface area contributed by atoms with E-state index in [0.717, 1.165) is 12.8 Å². The first-order valence-electron chi connectivity index (χ1n) is 13.8. The van der Waals surface area contributed by atoms with Crippen molar-refractivity contribution < 1.29 is 28.3 Å². The van der Waals surface area contributed by atoms with Gasteiger partial charge in [0.2, 0.25) is 11.9 Å². The second-order valence-electron chi connectivity index (χ2n) is 11.0. The minimum absolute atomic E-state index is 0.139. The molecule has 8 heteroatoms. The molecule has 0 aliphatic carbocycles. The highest BCUT2D eigenvalue weighted by atomic mass is 32.1. The fourth-order valence-corrected chi connectivity index (χ4v) is 7.22. The molecule has 204 valence electrons. The molecule has 3 heterocycles. The molecule has 2 N–H and O–H groups in total. The fraction of sp³-hybridized carbons (Fsp3) is 0.533. The second-order valence-corrected chi connectivity index (χ2v) is 11.3. The van der Waals surface area contributed by atoms with Crippen LogP contribution in [0.1, 0.15) is 56.6 Å². The largest absolute Gasteiger partial charge is 0.459 e. The van der Waals surface area contributed by atoms with Gasteiger partial charge in [-0.15, -0.1) is 0 Å². The highest BCUT2D eigenvalue weighted by molar-refractivity contribution is 7.80. The Morgan fingerprint density at radius 3 is 2.00 bits per heavy atom. The van der Waals surface area contributed by atoms with E-state index in [9.17, 15) is 9.59 Å². The third kappa shape index (κ3) is 4.99. The smallest absolute Gasteiger partial charge is 0.348 e. The van der Waals surface area contributed by atoms with Crippen LogP contribution in [0.3, 0.4) is 0 Å². The van der Waals surface area contributed by atoms with Crippen LogP contribution in [0.4, 0.5) is 0 Å². The first-order valence-corrected chi connectivity index (χ1v) is 14.5. The van der Waals surface area contributed by atoms with Gasteiger partial charge in [0.1, 0.15) is 12.1 Å². The number of ether oxygens (including phenoxy) is 3. The molecule has 7 nitrogen and oxygen atoms in total. The van der Waals surface area contributed by atoms with Gasteiger partial charge in [-0.25, -0.2) is 4.79 Å². The highest BCUT2D eigenvalue weighted by Crippen LogP contribution is 2.47. The van der Waals surface area contributed by atoms with Crippen molar-refractivity contribution in [3.8, 4) is 0 Å². The number of hydrogen-bond donors (Lipinski definition) is 2. The number of thiol groups is 1. The summed E-state index contributed by atoms with van der Waals surface area (Å²) in [7, 11) is 0. The van der Waals surface area contributed by atoms with E-state index in [1.807, 2.05) is 60.7 Å². The van der Waals surface area contributed by atoms with Crippen LogP contribution in [-0.4, -0.2) is 65.8 Å². The highest BCUT2D eigenvalue weighted by Gasteiger charge is 2.57. The molecule has 0 saturated carbocycles. The molecule has 3 unspecified atom stereocenters. The zero-order valence-electron chi connectivity index (χ0n) is 22.0. The third-order valence-electron chi connectivity index (χ3n) is 8.80. The van der Waals surface area contributed by atoms with Crippen LogP contribution < -0.4 is 5.73 Å². The van der Waals surface area contributed by atoms with Crippen molar-refractivity contribution in [2.45, 2.75) is 81.6 Å². The monoisotopic (exact) mass is 539 g/mol. The predicted octanol–water partition coefficient (Wildman–Crippen LogP) is 3.94. The van der Waals surface area contributed by atoms with E-state index in [1.165, 1.54) is 43.3 Å². The topological polar surface area (TPSA) is 87.9 Å². The summed E-state index contributed by atoms with van der Waals surface area (Å²) in [6.45, 7) is 4.11. The van der Waals surface area contributed by atoms with Crippen molar-refractivity contribution in [2.75, 3.05) is 18.8 Å². The Kier molecular flexibility index (Phi) is 8.14. The summed E-state index contributed by atoms with van der Waals surface area (Å²) in [5, 5.41) is 0. The average Bonchev–Trinajstić information content (AvgIpc) is 3.48. The van der Waals surface area contributed by atoms with Crippen molar-refractivity contribution >= 4 is 24.6 Å². The maximum Gasteiger partial charge on any atom is 0.348 e. The molecular formula is C30H39N2O5S+.